The van der Waals surface area contributed by atoms with Crippen LogP contribution in [0.1, 0.15) is 43.0 Å². The van der Waals surface area contributed by atoms with Crippen LogP contribution in [0.5, 0.6) is 0 Å². The Kier molecular flexibility index (Phi) is 6.15. The topological polar surface area (TPSA) is 101 Å². The summed E-state index contributed by atoms with van der Waals surface area (Å²) in [5.41, 5.74) is 4.78. The van der Waals surface area contributed by atoms with Crippen molar-refractivity contribution < 1.29 is 14.5 Å². The van der Waals surface area contributed by atoms with Crippen LogP contribution in [-0.2, 0) is 0 Å². The fraction of sp³-hybridized carbons (Fsp3) is 0.167. The van der Waals surface area contributed by atoms with E-state index in [4.69, 9.17) is 0 Å². The molecule has 0 saturated heterocycles. The van der Waals surface area contributed by atoms with E-state index in [2.05, 4.69) is 10.6 Å². The van der Waals surface area contributed by atoms with Gasteiger partial charge in [0.05, 0.1) is 4.92 Å². The fourth-order valence-electron chi connectivity index (χ4n) is 3.48. The van der Waals surface area contributed by atoms with Gasteiger partial charge in [-0.15, -0.1) is 0 Å². The van der Waals surface area contributed by atoms with Crippen LogP contribution in [0.3, 0.4) is 0 Å². The lowest BCUT2D eigenvalue weighted by Crippen LogP contribution is -2.16. The van der Waals surface area contributed by atoms with Gasteiger partial charge in [0.15, 0.2) is 0 Å². The van der Waals surface area contributed by atoms with Crippen LogP contribution < -0.4 is 10.6 Å². The molecule has 3 aromatic rings. The molecule has 7 nitrogen and oxygen atoms in total. The molecular weight excluding hydrogens is 394 g/mol. The van der Waals surface area contributed by atoms with Crippen molar-refractivity contribution in [1.82, 2.24) is 0 Å². The Morgan fingerprint density at radius 2 is 1.00 bits per heavy atom. The Bertz CT molecular complexity index is 1080. The van der Waals surface area contributed by atoms with Crippen molar-refractivity contribution in [2.24, 2.45) is 0 Å². The zero-order valence-electron chi connectivity index (χ0n) is 17.8. The van der Waals surface area contributed by atoms with Crippen LogP contribution in [0, 0.1) is 37.8 Å². The minimum atomic E-state index is -0.624. The van der Waals surface area contributed by atoms with E-state index in [1.165, 1.54) is 6.07 Å². The number of aryl methyl sites for hydroxylation is 4. The number of carbonyl (C=O) groups is 2. The van der Waals surface area contributed by atoms with Gasteiger partial charge in [-0.25, -0.2) is 0 Å². The summed E-state index contributed by atoms with van der Waals surface area (Å²) in [7, 11) is 0. The molecule has 0 fully saturated rings. The van der Waals surface area contributed by atoms with E-state index in [-0.39, 0.29) is 16.8 Å². The highest BCUT2D eigenvalue weighted by Gasteiger charge is 2.19. The molecule has 2 amide bonds. The van der Waals surface area contributed by atoms with Crippen molar-refractivity contribution in [3.63, 3.8) is 0 Å². The summed E-state index contributed by atoms with van der Waals surface area (Å²) in [6.45, 7) is 7.63. The smallest absolute Gasteiger partial charge is 0.271 e. The van der Waals surface area contributed by atoms with Gasteiger partial charge in [0.1, 0.15) is 0 Å². The second-order valence-electron chi connectivity index (χ2n) is 7.69. The number of hydrogen-bond acceptors (Lipinski definition) is 4. The molecule has 0 spiro atoms. The van der Waals surface area contributed by atoms with E-state index in [1.54, 1.807) is 24.3 Å². The molecule has 0 unspecified atom stereocenters. The molecule has 31 heavy (non-hydrogen) atoms. The lowest BCUT2D eigenvalue weighted by molar-refractivity contribution is -0.384. The van der Waals surface area contributed by atoms with Gasteiger partial charge in [0, 0.05) is 34.6 Å². The lowest BCUT2D eigenvalue weighted by atomic mass is 10.1. The minimum absolute atomic E-state index is 0.0268. The summed E-state index contributed by atoms with van der Waals surface area (Å²) in [4.78, 5) is 36.3. The molecule has 0 heterocycles. The van der Waals surface area contributed by atoms with Crippen molar-refractivity contribution in [3.8, 4) is 0 Å². The van der Waals surface area contributed by atoms with E-state index >= 15 is 0 Å². The van der Waals surface area contributed by atoms with E-state index in [9.17, 15) is 19.7 Å². The van der Waals surface area contributed by atoms with Crippen molar-refractivity contribution in [2.75, 3.05) is 10.6 Å². The number of rotatable bonds is 5. The molecule has 0 aliphatic heterocycles. The summed E-state index contributed by atoms with van der Waals surface area (Å²) in [6.07, 6.45) is 0. The van der Waals surface area contributed by atoms with Gasteiger partial charge in [-0.2, -0.15) is 0 Å². The average molecular weight is 417 g/mol. The Morgan fingerprint density at radius 3 is 1.32 bits per heavy atom. The van der Waals surface area contributed by atoms with Crippen molar-refractivity contribution in [2.45, 2.75) is 27.7 Å². The highest BCUT2D eigenvalue weighted by Crippen LogP contribution is 2.22. The van der Waals surface area contributed by atoms with Crippen LogP contribution >= 0.6 is 0 Å². The molecule has 3 rings (SSSR count). The zero-order valence-corrected chi connectivity index (χ0v) is 17.8. The number of non-ortho nitro benzene ring substituents is 1. The maximum absolute atomic E-state index is 12.8. The Hall–Kier alpha value is -4.00. The van der Waals surface area contributed by atoms with Gasteiger partial charge in [-0.3, -0.25) is 19.7 Å². The molecule has 158 valence electrons. The third-order valence-corrected chi connectivity index (χ3v) is 4.61. The largest absolute Gasteiger partial charge is 0.322 e. The van der Waals surface area contributed by atoms with Crippen molar-refractivity contribution in [3.05, 3.63) is 98.1 Å². The standard InChI is InChI=1S/C24H23N3O4/c1-14-5-15(2)8-20(7-14)25-23(28)18-11-19(13-22(12-18)27(30)31)24(29)26-21-9-16(3)6-17(4)10-21/h5-13H,1-4H3,(H,25,28)(H,26,29). The molecule has 0 aliphatic rings. The summed E-state index contributed by atoms with van der Waals surface area (Å²) in [5, 5.41) is 16.9. The van der Waals surface area contributed by atoms with E-state index < -0.39 is 16.7 Å². The molecule has 0 atom stereocenters. The maximum atomic E-state index is 12.8. The number of hydrogen-bond donors (Lipinski definition) is 2. The van der Waals surface area contributed by atoms with Crippen LogP contribution in [0.4, 0.5) is 17.1 Å². The van der Waals surface area contributed by atoms with E-state index in [0.29, 0.717) is 11.4 Å². The molecule has 7 heteroatoms. The predicted molar refractivity (Wildman–Crippen MR) is 121 cm³/mol. The number of amides is 2. The predicted octanol–water partition coefficient (Wildman–Crippen LogP) is 5.33. The fourth-order valence-corrected chi connectivity index (χ4v) is 3.48. The molecule has 2 N–H and O–H groups in total. The molecule has 0 radical (unpaired) electrons. The van der Waals surface area contributed by atoms with Gasteiger partial charge < -0.3 is 10.6 Å². The van der Waals surface area contributed by atoms with Crippen LogP contribution in [0.15, 0.2) is 54.6 Å². The number of nitro groups is 1. The average Bonchev–Trinajstić information content (AvgIpc) is 2.65. The van der Waals surface area contributed by atoms with Gasteiger partial charge in [-0.05, 0) is 80.3 Å². The molecule has 3 aromatic carbocycles. The second-order valence-corrected chi connectivity index (χ2v) is 7.69. The SMILES string of the molecule is Cc1cc(C)cc(NC(=O)c2cc(C(=O)Nc3cc(C)cc(C)c3)cc([N+](=O)[O-])c2)c1. The quantitative estimate of drug-likeness (QED) is 0.432. The molecule has 0 aliphatic carbocycles. The zero-order chi connectivity index (χ0) is 22.7. The van der Waals surface area contributed by atoms with Crippen molar-refractivity contribution >= 4 is 28.9 Å². The second kappa shape index (κ2) is 8.79. The first-order chi connectivity index (χ1) is 14.6. The number of carbonyl (C=O) groups excluding carboxylic acids is 2. The van der Waals surface area contributed by atoms with Gasteiger partial charge in [0.2, 0.25) is 0 Å². The minimum Gasteiger partial charge on any atom is -0.322 e. The first-order valence-corrected chi connectivity index (χ1v) is 9.69. The summed E-state index contributed by atoms with van der Waals surface area (Å²) >= 11 is 0. The van der Waals surface area contributed by atoms with Crippen LogP contribution in [0.2, 0.25) is 0 Å². The highest BCUT2D eigenvalue weighted by atomic mass is 16.6. The summed E-state index contributed by atoms with van der Waals surface area (Å²) in [5.74, 6) is -1.07. The number of nitro benzene ring substituents is 1. The Balaban J connectivity index is 1.92. The first-order valence-electron chi connectivity index (χ1n) is 9.69. The van der Waals surface area contributed by atoms with Gasteiger partial charge in [0.25, 0.3) is 17.5 Å². The summed E-state index contributed by atoms with van der Waals surface area (Å²) in [6, 6.07) is 14.8. The Labute approximate surface area is 180 Å². The van der Waals surface area contributed by atoms with Gasteiger partial charge >= 0.3 is 0 Å². The molecular formula is C24H23N3O4. The number of benzene rings is 3. The maximum Gasteiger partial charge on any atom is 0.271 e. The van der Waals surface area contributed by atoms with Crippen LogP contribution in [-0.4, -0.2) is 16.7 Å². The highest BCUT2D eigenvalue weighted by molar-refractivity contribution is 6.09. The van der Waals surface area contributed by atoms with Crippen molar-refractivity contribution in [1.29, 1.82) is 0 Å². The third kappa shape index (κ3) is 5.54. The monoisotopic (exact) mass is 417 g/mol. The molecule has 0 aromatic heterocycles. The Morgan fingerprint density at radius 1 is 0.645 bits per heavy atom. The van der Waals surface area contributed by atoms with Crippen LogP contribution in [0.25, 0.3) is 0 Å². The van der Waals surface area contributed by atoms with Gasteiger partial charge in [-0.1, -0.05) is 12.1 Å². The third-order valence-electron chi connectivity index (χ3n) is 4.61. The molecule has 0 bridgehead atoms. The number of nitrogens with zero attached hydrogens (tertiary/aromatic N) is 1. The lowest BCUT2D eigenvalue weighted by Gasteiger charge is -2.10. The first kappa shape index (κ1) is 21.7. The summed E-state index contributed by atoms with van der Waals surface area (Å²) < 4.78 is 0. The molecule has 0 saturated carbocycles. The number of anilines is 2. The van der Waals surface area contributed by atoms with E-state index in [1.807, 2.05) is 39.8 Å². The van der Waals surface area contributed by atoms with E-state index in [0.717, 1.165) is 34.4 Å². The normalized spacial score (nSPS) is 10.5. The number of nitrogens with one attached hydrogen (secondary N) is 2.